The minimum absolute atomic E-state index is 0.325. The molecule has 0 amide bonds. The molecule has 0 aliphatic heterocycles. The second kappa shape index (κ2) is 4.65. The van der Waals surface area contributed by atoms with E-state index in [2.05, 4.69) is 4.98 Å². The Bertz CT molecular complexity index is 466. The summed E-state index contributed by atoms with van der Waals surface area (Å²) < 4.78 is 0. The minimum Gasteiger partial charge on any atom is -0.394 e. The molecule has 1 aromatic carbocycles. The highest BCUT2D eigenvalue weighted by Crippen LogP contribution is 2.19. The number of benzene rings is 1. The van der Waals surface area contributed by atoms with Crippen LogP contribution < -0.4 is 0 Å². The maximum atomic E-state index is 9.63. The predicted molar refractivity (Wildman–Crippen MR) is 61.1 cm³/mol. The Labute approximate surface area is 93.2 Å². The van der Waals surface area contributed by atoms with Crippen molar-refractivity contribution < 1.29 is 15.3 Å². The summed E-state index contributed by atoms with van der Waals surface area (Å²) in [7, 11) is 0. The molecule has 1 heterocycles. The fourth-order valence-electron chi connectivity index (χ4n) is 1.78. The van der Waals surface area contributed by atoms with E-state index in [1.165, 1.54) is 0 Å². The van der Waals surface area contributed by atoms with Crippen LogP contribution in [-0.4, -0.2) is 39.1 Å². The molecule has 0 aliphatic rings. The Morgan fingerprint density at radius 2 is 1.88 bits per heavy atom. The van der Waals surface area contributed by atoms with E-state index in [-0.39, 0.29) is 0 Å². The summed E-state index contributed by atoms with van der Waals surface area (Å²) in [6, 6.07) is 7.77. The lowest BCUT2D eigenvalue weighted by atomic mass is 10.0. The molecule has 16 heavy (non-hydrogen) atoms. The fourth-order valence-corrected chi connectivity index (χ4v) is 1.78. The number of nitrogens with one attached hydrogen (secondary N) is 1. The number of aromatic nitrogens is 1. The van der Waals surface area contributed by atoms with E-state index in [0.717, 1.165) is 16.5 Å². The van der Waals surface area contributed by atoms with E-state index in [9.17, 15) is 10.2 Å². The summed E-state index contributed by atoms with van der Waals surface area (Å²) in [5.41, 5.74) is 1.94. The molecule has 0 radical (unpaired) electrons. The Morgan fingerprint density at radius 1 is 1.12 bits per heavy atom. The van der Waals surface area contributed by atoms with Crippen LogP contribution in [0.1, 0.15) is 5.56 Å². The first-order valence-corrected chi connectivity index (χ1v) is 5.24. The smallest absolute Gasteiger partial charge is 0.103 e. The van der Waals surface area contributed by atoms with Crippen LogP contribution in [0.3, 0.4) is 0 Å². The van der Waals surface area contributed by atoms with Crippen LogP contribution in [0.25, 0.3) is 10.9 Å². The van der Waals surface area contributed by atoms with Crippen LogP contribution >= 0.6 is 0 Å². The predicted octanol–water partition coefficient (Wildman–Crippen LogP) is 0.424. The Morgan fingerprint density at radius 3 is 2.62 bits per heavy atom. The van der Waals surface area contributed by atoms with Crippen LogP contribution in [0.15, 0.2) is 30.5 Å². The third-order valence-corrected chi connectivity index (χ3v) is 2.74. The van der Waals surface area contributed by atoms with Gasteiger partial charge in [-0.15, -0.1) is 0 Å². The third kappa shape index (κ3) is 2.09. The van der Waals surface area contributed by atoms with Crippen LogP contribution in [0, 0.1) is 0 Å². The number of aliphatic hydroxyl groups excluding tert-OH is 3. The zero-order valence-electron chi connectivity index (χ0n) is 8.80. The van der Waals surface area contributed by atoms with Crippen molar-refractivity contribution in [1.29, 1.82) is 0 Å². The molecule has 2 aromatic rings. The Kier molecular flexibility index (Phi) is 3.24. The first-order valence-electron chi connectivity index (χ1n) is 5.24. The molecule has 4 nitrogen and oxygen atoms in total. The molecule has 0 fully saturated rings. The van der Waals surface area contributed by atoms with E-state index in [0.29, 0.717) is 6.42 Å². The molecular weight excluding hydrogens is 206 g/mol. The van der Waals surface area contributed by atoms with Crippen molar-refractivity contribution in [2.45, 2.75) is 18.6 Å². The van der Waals surface area contributed by atoms with Gasteiger partial charge in [0.15, 0.2) is 0 Å². The quantitative estimate of drug-likeness (QED) is 0.604. The van der Waals surface area contributed by atoms with Crippen LogP contribution in [0.4, 0.5) is 0 Å². The second-order valence-electron chi connectivity index (χ2n) is 3.88. The maximum absolute atomic E-state index is 9.63. The van der Waals surface area contributed by atoms with Gasteiger partial charge in [-0.25, -0.2) is 0 Å². The first kappa shape index (κ1) is 11.1. The average molecular weight is 221 g/mol. The summed E-state index contributed by atoms with van der Waals surface area (Å²) in [4.78, 5) is 3.10. The van der Waals surface area contributed by atoms with Gasteiger partial charge in [-0.1, -0.05) is 18.2 Å². The summed E-state index contributed by atoms with van der Waals surface area (Å²) in [6.07, 6.45) is 0.113. The van der Waals surface area contributed by atoms with Crippen molar-refractivity contribution in [3.8, 4) is 0 Å². The number of hydrogen-bond donors (Lipinski definition) is 4. The van der Waals surface area contributed by atoms with Crippen LogP contribution in [0.2, 0.25) is 0 Å². The average Bonchev–Trinajstić information content (AvgIpc) is 2.72. The standard InChI is InChI=1S/C12H15NO3/c14-7-12(16)11(15)5-8-6-13-10-4-2-1-3-9(8)10/h1-4,6,11-16H,5,7H2. The molecule has 1 aromatic heterocycles. The molecule has 0 saturated heterocycles. The Hall–Kier alpha value is -1.36. The lowest BCUT2D eigenvalue weighted by Gasteiger charge is -2.14. The largest absolute Gasteiger partial charge is 0.394 e. The van der Waals surface area contributed by atoms with Gasteiger partial charge in [-0.2, -0.15) is 0 Å². The van der Waals surface area contributed by atoms with Crippen molar-refractivity contribution in [2.24, 2.45) is 0 Å². The number of hydrogen-bond acceptors (Lipinski definition) is 3. The summed E-state index contributed by atoms with van der Waals surface area (Å²) in [5.74, 6) is 0. The molecule has 2 unspecified atom stereocenters. The third-order valence-electron chi connectivity index (χ3n) is 2.74. The van der Waals surface area contributed by atoms with Crippen molar-refractivity contribution in [1.82, 2.24) is 4.98 Å². The normalized spacial score (nSPS) is 15.2. The minimum atomic E-state index is -1.09. The lowest BCUT2D eigenvalue weighted by Crippen LogP contribution is -2.30. The van der Waals surface area contributed by atoms with E-state index in [1.807, 2.05) is 30.5 Å². The zero-order valence-corrected chi connectivity index (χ0v) is 8.80. The topological polar surface area (TPSA) is 76.5 Å². The van der Waals surface area contributed by atoms with Crippen molar-refractivity contribution in [3.05, 3.63) is 36.0 Å². The van der Waals surface area contributed by atoms with Crippen molar-refractivity contribution >= 4 is 10.9 Å². The maximum Gasteiger partial charge on any atom is 0.103 e. The summed E-state index contributed by atoms with van der Waals surface area (Å²) in [5, 5.41) is 28.7. The highest BCUT2D eigenvalue weighted by Gasteiger charge is 2.17. The lowest BCUT2D eigenvalue weighted by molar-refractivity contribution is -0.0131. The summed E-state index contributed by atoms with van der Waals surface area (Å²) in [6.45, 7) is -0.427. The van der Waals surface area contributed by atoms with Crippen molar-refractivity contribution in [3.63, 3.8) is 0 Å². The second-order valence-corrected chi connectivity index (χ2v) is 3.88. The Balaban J connectivity index is 2.21. The van der Waals surface area contributed by atoms with Gasteiger partial charge in [-0.3, -0.25) is 0 Å². The molecule has 0 aliphatic carbocycles. The van der Waals surface area contributed by atoms with Gasteiger partial charge in [0, 0.05) is 23.5 Å². The molecule has 2 atom stereocenters. The highest BCUT2D eigenvalue weighted by molar-refractivity contribution is 5.83. The molecule has 0 saturated carbocycles. The van der Waals surface area contributed by atoms with E-state index in [4.69, 9.17) is 5.11 Å². The van der Waals surface area contributed by atoms with Crippen LogP contribution in [0.5, 0.6) is 0 Å². The number of para-hydroxylation sites is 1. The molecule has 4 heteroatoms. The van der Waals surface area contributed by atoms with E-state index in [1.54, 1.807) is 0 Å². The van der Waals surface area contributed by atoms with Gasteiger partial charge in [0.05, 0.1) is 12.7 Å². The van der Waals surface area contributed by atoms with Gasteiger partial charge in [0.25, 0.3) is 0 Å². The number of rotatable bonds is 4. The van der Waals surface area contributed by atoms with Gasteiger partial charge in [-0.05, 0) is 11.6 Å². The molecule has 4 N–H and O–H groups in total. The zero-order chi connectivity index (χ0) is 11.5. The number of aliphatic hydroxyl groups is 3. The van der Waals surface area contributed by atoms with E-state index < -0.39 is 18.8 Å². The number of aromatic amines is 1. The van der Waals surface area contributed by atoms with Crippen LogP contribution in [-0.2, 0) is 6.42 Å². The van der Waals surface area contributed by atoms with Gasteiger partial charge in [0.2, 0.25) is 0 Å². The number of fused-ring (bicyclic) bond motifs is 1. The number of H-pyrrole nitrogens is 1. The SMILES string of the molecule is OCC(O)C(O)Cc1c[nH]c2ccccc12. The van der Waals surface area contributed by atoms with Gasteiger partial charge < -0.3 is 20.3 Å². The van der Waals surface area contributed by atoms with Gasteiger partial charge >= 0.3 is 0 Å². The first-order chi connectivity index (χ1) is 7.72. The molecular formula is C12H15NO3. The highest BCUT2D eigenvalue weighted by atomic mass is 16.4. The molecule has 2 rings (SSSR count). The summed E-state index contributed by atoms with van der Waals surface area (Å²) >= 11 is 0. The molecule has 0 bridgehead atoms. The fraction of sp³-hybridized carbons (Fsp3) is 0.333. The van der Waals surface area contributed by atoms with Crippen molar-refractivity contribution in [2.75, 3.05) is 6.61 Å². The molecule has 86 valence electrons. The van der Waals surface area contributed by atoms with E-state index >= 15 is 0 Å². The molecule has 0 spiro atoms. The van der Waals surface area contributed by atoms with Gasteiger partial charge in [0.1, 0.15) is 6.10 Å². The monoisotopic (exact) mass is 221 g/mol.